The van der Waals surface area contributed by atoms with E-state index in [4.69, 9.17) is 0 Å². The lowest BCUT2D eigenvalue weighted by Crippen LogP contribution is -2.33. The Labute approximate surface area is 246 Å². The number of rotatable bonds is 8. The Bertz CT molecular complexity index is 1750. The van der Waals surface area contributed by atoms with E-state index in [0.717, 1.165) is 25.7 Å². The lowest BCUT2D eigenvalue weighted by atomic mass is 9.92. The molecule has 0 unspecified atom stereocenters. The van der Waals surface area contributed by atoms with Gasteiger partial charge in [0.1, 0.15) is 23.2 Å². The number of nitrogens with zero attached hydrogens (tertiary/aromatic N) is 2. The fourth-order valence-corrected chi connectivity index (χ4v) is 5.68. The zero-order valence-corrected chi connectivity index (χ0v) is 23.5. The third-order valence-electron chi connectivity index (χ3n) is 7.88. The Kier molecular flexibility index (Phi) is 7.73. The van der Waals surface area contributed by atoms with Crippen molar-refractivity contribution in [3.05, 3.63) is 94.3 Å². The maximum atomic E-state index is 15.4. The topological polar surface area (TPSA) is 119 Å². The van der Waals surface area contributed by atoms with Crippen LogP contribution in [-0.4, -0.2) is 58.8 Å². The number of benzene rings is 3. The molecule has 9 nitrogen and oxygen atoms in total. The molecular weight excluding hydrogens is 554 g/mol. The second-order valence-corrected chi connectivity index (χ2v) is 10.7. The molecule has 2 aliphatic rings. The monoisotopic (exact) mass is 584 g/mol. The van der Waals surface area contributed by atoms with Gasteiger partial charge in [-0.2, -0.15) is 0 Å². The molecule has 3 amide bonds. The van der Waals surface area contributed by atoms with Gasteiger partial charge in [-0.15, -0.1) is 0 Å². The molecule has 0 spiro atoms. The molecule has 1 saturated heterocycles. The Morgan fingerprint density at radius 3 is 2.47 bits per heavy atom. The molecule has 4 N–H and O–H groups in total. The predicted octanol–water partition coefficient (Wildman–Crippen LogP) is 4.65. The summed E-state index contributed by atoms with van der Waals surface area (Å²) in [6.07, 6.45) is 2.36. The van der Waals surface area contributed by atoms with Crippen molar-refractivity contribution in [1.29, 1.82) is 0 Å². The van der Waals surface area contributed by atoms with Gasteiger partial charge in [-0.05, 0) is 80.4 Å². The fourth-order valence-electron chi connectivity index (χ4n) is 5.68. The summed E-state index contributed by atoms with van der Waals surface area (Å²) in [7, 11) is 0. The maximum absolute atomic E-state index is 15.4. The molecule has 43 heavy (non-hydrogen) atoms. The Morgan fingerprint density at radius 2 is 1.70 bits per heavy atom. The molecule has 3 heterocycles. The van der Waals surface area contributed by atoms with E-state index in [1.165, 1.54) is 49.2 Å². The maximum Gasteiger partial charge on any atom is 0.269 e. The van der Waals surface area contributed by atoms with Crippen LogP contribution < -0.4 is 16.0 Å². The first-order valence-electron chi connectivity index (χ1n) is 14.2. The van der Waals surface area contributed by atoms with Gasteiger partial charge in [-0.1, -0.05) is 18.2 Å². The van der Waals surface area contributed by atoms with Crippen LogP contribution in [0.2, 0.25) is 0 Å². The number of anilines is 1. The second-order valence-electron chi connectivity index (χ2n) is 10.7. The van der Waals surface area contributed by atoms with Crippen molar-refractivity contribution in [2.75, 3.05) is 31.5 Å². The standard InChI is InChI=1S/C32H30F2N6O3/c1-18-28(32(43)35-12-15-40-13-4-5-14-40)39-29(37-18)23-11-10-20(24-17-36-31(42)27(23)24)21-9-8-19(16-26(21)34)38-30(41)22-6-2-3-7-25(22)33/h2-3,6-11,16H,4-5,12-15,17H2,1H3,(H,35,43)(H,36,42)(H,37,39)(H,38,41). The Balaban J connectivity index is 1.24. The van der Waals surface area contributed by atoms with Gasteiger partial charge in [0.2, 0.25) is 0 Å². The molecule has 2 aliphatic heterocycles. The zero-order valence-electron chi connectivity index (χ0n) is 23.5. The number of hydrogen-bond donors (Lipinski definition) is 4. The lowest BCUT2D eigenvalue weighted by molar-refractivity contribution is 0.0942. The number of nitrogens with one attached hydrogen (secondary N) is 4. The SMILES string of the molecule is Cc1nc(-c2ccc(-c3ccc(NC(=O)c4ccccc4F)cc3F)c3c2C(=O)NC3)[nH]c1C(=O)NCCN1CCCC1. The van der Waals surface area contributed by atoms with Crippen LogP contribution in [0, 0.1) is 18.6 Å². The van der Waals surface area contributed by atoms with E-state index >= 15 is 4.39 Å². The Hall–Kier alpha value is -4.90. The van der Waals surface area contributed by atoms with Crippen LogP contribution in [0.15, 0.2) is 54.6 Å². The number of hydrogen-bond acceptors (Lipinski definition) is 5. The molecule has 6 rings (SSSR count). The Morgan fingerprint density at radius 1 is 0.953 bits per heavy atom. The number of aromatic nitrogens is 2. The molecule has 220 valence electrons. The molecule has 0 atom stereocenters. The van der Waals surface area contributed by atoms with Crippen LogP contribution in [0.5, 0.6) is 0 Å². The van der Waals surface area contributed by atoms with E-state index in [1.807, 2.05) is 0 Å². The largest absolute Gasteiger partial charge is 0.349 e. The van der Waals surface area contributed by atoms with E-state index in [1.54, 1.807) is 19.1 Å². The molecule has 3 aromatic carbocycles. The summed E-state index contributed by atoms with van der Waals surface area (Å²) in [6, 6.07) is 13.1. The number of aryl methyl sites for hydroxylation is 1. The minimum absolute atomic E-state index is 0.152. The third kappa shape index (κ3) is 5.63. The normalized spacial score (nSPS) is 14.4. The predicted molar refractivity (Wildman–Crippen MR) is 158 cm³/mol. The number of amides is 3. The third-order valence-corrected chi connectivity index (χ3v) is 7.88. The fraction of sp³-hybridized carbons (Fsp3) is 0.250. The van der Waals surface area contributed by atoms with Crippen molar-refractivity contribution >= 4 is 23.4 Å². The summed E-state index contributed by atoms with van der Waals surface area (Å²) < 4.78 is 29.4. The van der Waals surface area contributed by atoms with Crippen molar-refractivity contribution in [3.8, 4) is 22.5 Å². The van der Waals surface area contributed by atoms with E-state index in [9.17, 15) is 18.8 Å². The van der Waals surface area contributed by atoms with Crippen molar-refractivity contribution in [2.24, 2.45) is 0 Å². The number of aromatic amines is 1. The molecule has 1 fully saturated rings. The second kappa shape index (κ2) is 11.8. The van der Waals surface area contributed by atoms with E-state index in [-0.39, 0.29) is 35.2 Å². The van der Waals surface area contributed by atoms with Gasteiger partial charge in [0, 0.05) is 36.4 Å². The molecule has 0 bridgehead atoms. The molecule has 0 saturated carbocycles. The van der Waals surface area contributed by atoms with E-state index in [0.29, 0.717) is 46.0 Å². The molecule has 1 aromatic heterocycles. The van der Waals surface area contributed by atoms with Crippen LogP contribution in [0.25, 0.3) is 22.5 Å². The number of halogens is 2. The first-order valence-corrected chi connectivity index (χ1v) is 14.2. The van der Waals surface area contributed by atoms with Gasteiger partial charge in [-0.25, -0.2) is 13.8 Å². The lowest BCUT2D eigenvalue weighted by Gasteiger charge is -2.14. The first kappa shape index (κ1) is 28.2. The molecule has 4 aromatic rings. The van der Waals surface area contributed by atoms with Crippen molar-refractivity contribution in [2.45, 2.75) is 26.3 Å². The van der Waals surface area contributed by atoms with Gasteiger partial charge in [0.15, 0.2) is 0 Å². The van der Waals surface area contributed by atoms with Crippen molar-refractivity contribution < 1.29 is 23.2 Å². The number of fused-ring (bicyclic) bond motifs is 1. The molecule has 0 radical (unpaired) electrons. The van der Waals surface area contributed by atoms with Crippen molar-refractivity contribution in [3.63, 3.8) is 0 Å². The van der Waals surface area contributed by atoms with Gasteiger partial charge >= 0.3 is 0 Å². The minimum Gasteiger partial charge on any atom is -0.349 e. The highest BCUT2D eigenvalue weighted by Crippen LogP contribution is 2.37. The smallest absolute Gasteiger partial charge is 0.269 e. The average molecular weight is 585 g/mol. The van der Waals surface area contributed by atoms with Gasteiger partial charge in [0.05, 0.1) is 16.8 Å². The summed E-state index contributed by atoms with van der Waals surface area (Å²) in [5.74, 6) is -2.22. The summed E-state index contributed by atoms with van der Waals surface area (Å²) in [5, 5.41) is 8.26. The van der Waals surface area contributed by atoms with Crippen LogP contribution in [0.4, 0.5) is 14.5 Å². The van der Waals surface area contributed by atoms with Gasteiger partial charge in [0.25, 0.3) is 17.7 Å². The number of carbonyl (C=O) groups excluding carboxylic acids is 3. The molecule has 11 heteroatoms. The zero-order chi connectivity index (χ0) is 30.1. The number of likely N-dealkylation sites (tertiary alicyclic amines) is 1. The van der Waals surface area contributed by atoms with Gasteiger partial charge in [-0.3, -0.25) is 14.4 Å². The minimum atomic E-state index is -0.696. The molecule has 0 aliphatic carbocycles. The van der Waals surface area contributed by atoms with Gasteiger partial charge < -0.3 is 25.8 Å². The summed E-state index contributed by atoms with van der Waals surface area (Å²) in [4.78, 5) is 48.3. The molecular formula is C32H30F2N6O3. The highest BCUT2D eigenvalue weighted by atomic mass is 19.1. The highest BCUT2D eigenvalue weighted by Gasteiger charge is 2.29. The van der Waals surface area contributed by atoms with Crippen LogP contribution in [0.3, 0.4) is 0 Å². The number of H-pyrrole nitrogens is 1. The summed E-state index contributed by atoms with van der Waals surface area (Å²) >= 11 is 0. The summed E-state index contributed by atoms with van der Waals surface area (Å²) in [6.45, 7) is 5.32. The van der Waals surface area contributed by atoms with E-state index < -0.39 is 17.5 Å². The van der Waals surface area contributed by atoms with Crippen molar-refractivity contribution in [1.82, 2.24) is 25.5 Å². The number of carbonyl (C=O) groups is 3. The number of imidazole rings is 1. The highest BCUT2D eigenvalue weighted by molar-refractivity contribution is 6.07. The average Bonchev–Trinajstić information content (AvgIpc) is 3.74. The summed E-state index contributed by atoms with van der Waals surface area (Å²) in [5.41, 5.74) is 3.02. The first-order chi connectivity index (χ1) is 20.8. The van der Waals surface area contributed by atoms with Crippen LogP contribution in [-0.2, 0) is 6.54 Å². The quantitative estimate of drug-likeness (QED) is 0.240. The van der Waals surface area contributed by atoms with Crippen LogP contribution >= 0.6 is 0 Å². The van der Waals surface area contributed by atoms with Crippen LogP contribution in [0.1, 0.15) is 55.3 Å². The van der Waals surface area contributed by atoms with E-state index in [2.05, 4.69) is 30.8 Å².